The van der Waals surface area contributed by atoms with Gasteiger partial charge in [-0.2, -0.15) is 0 Å². The first-order chi connectivity index (χ1) is 12.6. The van der Waals surface area contributed by atoms with E-state index in [0.717, 1.165) is 17.5 Å². The molecule has 0 saturated heterocycles. The van der Waals surface area contributed by atoms with Crippen LogP contribution in [0.5, 0.6) is 0 Å². The summed E-state index contributed by atoms with van der Waals surface area (Å²) in [6.45, 7) is 4.57. The molecule has 2 amide bonds. The lowest BCUT2D eigenvalue weighted by Crippen LogP contribution is -2.88. The molecule has 0 radical (unpaired) electrons. The molecule has 5 nitrogen and oxygen atoms in total. The van der Waals surface area contributed by atoms with Crippen molar-refractivity contribution in [2.45, 2.75) is 32.4 Å². The Morgan fingerprint density at radius 2 is 1.50 bits per heavy atom. The first kappa shape index (κ1) is 19.7. The lowest BCUT2D eigenvalue weighted by Gasteiger charge is -2.18. The van der Waals surface area contributed by atoms with E-state index in [9.17, 15) is 9.59 Å². The number of benzene rings is 2. The number of carbonyl (C=O) groups excluding carboxylic acids is 2. The number of nitrogens with two attached hydrogens (primary N) is 1. The van der Waals surface area contributed by atoms with Crippen molar-refractivity contribution in [1.82, 2.24) is 10.6 Å². The minimum atomic E-state index is -0.533. The second-order valence-electron chi connectivity index (χ2n) is 6.32. The Kier molecular flexibility index (Phi) is 7.83. The van der Waals surface area contributed by atoms with Gasteiger partial charge in [0.05, 0.1) is 0 Å². The lowest BCUT2D eigenvalue weighted by molar-refractivity contribution is -0.676. The molecule has 138 valence electrons. The van der Waals surface area contributed by atoms with Crippen LogP contribution in [-0.2, 0) is 9.59 Å². The van der Waals surface area contributed by atoms with E-state index in [1.165, 1.54) is 0 Å². The highest BCUT2D eigenvalue weighted by Gasteiger charge is 2.20. The van der Waals surface area contributed by atoms with E-state index < -0.39 is 6.04 Å². The van der Waals surface area contributed by atoms with Crippen molar-refractivity contribution in [3.63, 3.8) is 0 Å². The summed E-state index contributed by atoms with van der Waals surface area (Å²) in [4.78, 5) is 24.2. The number of nitrogens with one attached hydrogen (secondary N) is 2. The molecular weight excluding hydrogens is 326 g/mol. The maximum absolute atomic E-state index is 12.3. The second kappa shape index (κ2) is 10.4. The summed E-state index contributed by atoms with van der Waals surface area (Å²) in [5.41, 5.74) is 2.28. The second-order valence-corrected chi connectivity index (χ2v) is 6.32. The summed E-state index contributed by atoms with van der Waals surface area (Å²) in [5, 5.41) is 7.55. The molecule has 0 aliphatic carbocycles. The third-order valence-electron chi connectivity index (χ3n) is 4.18. The van der Waals surface area contributed by atoms with Crippen LogP contribution in [0.4, 0.5) is 0 Å². The van der Waals surface area contributed by atoms with Crippen molar-refractivity contribution in [3.8, 4) is 0 Å². The average molecular weight is 354 g/mol. The van der Waals surface area contributed by atoms with Crippen LogP contribution in [0.25, 0.3) is 0 Å². The van der Waals surface area contributed by atoms with Crippen molar-refractivity contribution < 1.29 is 14.9 Å². The predicted molar refractivity (Wildman–Crippen MR) is 102 cm³/mol. The lowest BCUT2D eigenvalue weighted by atomic mass is 9.99. The Bertz CT molecular complexity index is 649. The van der Waals surface area contributed by atoms with Gasteiger partial charge in [0.15, 0.2) is 6.54 Å². The van der Waals surface area contributed by atoms with E-state index in [2.05, 4.69) is 34.9 Å². The van der Waals surface area contributed by atoms with Gasteiger partial charge < -0.3 is 16.0 Å². The number of hydrogen-bond acceptors (Lipinski definition) is 2. The maximum atomic E-state index is 12.3. The third kappa shape index (κ3) is 6.01. The topological polar surface area (TPSA) is 74.8 Å². The van der Waals surface area contributed by atoms with E-state index in [1.54, 1.807) is 6.92 Å². The van der Waals surface area contributed by atoms with Crippen LogP contribution in [0, 0.1) is 0 Å². The molecule has 0 heterocycles. The quantitative estimate of drug-likeness (QED) is 0.636. The largest absolute Gasteiger partial charge is 0.354 e. The van der Waals surface area contributed by atoms with Gasteiger partial charge in [0.2, 0.25) is 5.91 Å². The SMILES string of the molecule is CCCNC(=O)[C@@H](C)NC(=O)C[NH2+]C(c1ccccc1)c1ccccc1. The highest BCUT2D eigenvalue weighted by molar-refractivity contribution is 5.87. The Morgan fingerprint density at radius 3 is 2.00 bits per heavy atom. The van der Waals surface area contributed by atoms with Crippen LogP contribution < -0.4 is 16.0 Å². The molecule has 0 aliphatic rings. The summed E-state index contributed by atoms with van der Waals surface area (Å²) in [5.74, 6) is -0.302. The molecule has 2 rings (SSSR count). The van der Waals surface area contributed by atoms with Gasteiger partial charge in [-0.25, -0.2) is 0 Å². The van der Waals surface area contributed by atoms with Gasteiger partial charge in [-0.1, -0.05) is 67.6 Å². The van der Waals surface area contributed by atoms with Gasteiger partial charge in [-0.15, -0.1) is 0 Å². The Hall–Kier alpha value is -2.66. The van der Waals surface area contributed by atoms with Crippen molar-refractivity contribution in [2.24, 2.45) is 0 Å². The number of carbonyl (C=O) groups is 2. The smallest absolute Gasteiger partial charge is 0.275 e. The Morgan fingerprint density at radius 1 is 0.962 bits per heavy atom. The molecule has 1 atom stereocenters. The molecule has 26 heavy (non-hydrogen) atoms. The van der Waals surface area contributed by atoms with Crippen molar-refractivity contribution in [1.29, 1.82) is 0 Å². The molecule has 0 aromatic heterocycles. The van der Waals surface area contributed by atoms with Gasteiger partial charge in [-0.05, 0) is 13.3 Å². The minimum Gasteiger partial charge on any atom is -0.354 e. The van der Waals surface area contributed by atoms with E-state index in [1.807, 2.05) is 48.6 Å². The number of hydrogen-bond donors (Lipinski definition) is 3. The predicted octanol–water partition coefficient (Wildman–Crippen LogP) is 1.37. The number of rotatable bonds is 9. The third-order valence-corrected chi connectivity index (χ3v) is 4.18. The summed E-state index contributed by atoms with van der Waals surface area (Å²) in [6, 6.07) is 19.7. The van der Waals surface area contributed by atoms with Crippen LogP contribution in [0.1, 0.15) is 37.4 Å². The molecule has 0 aliphatic heterocycles. The maximum Gasteiger partial charge on any atom is 0.275 e. The molecule has 0 unspecified atom stereocenters. The van der Waals surface area contributed by atoms with Crippen molar-refractivity contribution in [3.05, 3.63) is 71.8 Å². The molecule has 0 saturated carbocycles. The van der Waals surface area contributed by atoms with Crippen LogP contribution in [0.2, 0.25) is 0 Å². The van der Waals surface area contributed by atoms with E-state index in [4.69, 9.17) is 0 Å². The first-order valence-corrected chi connectivity index (χ1v) is 9.12. The minimum absolute atomic E-state index is 0.0346. The van der Waals surface area contributed by atoms with Gasteiger partial charge >= 0.3 is 0 Å². The highest BCUT2D eigenvalue weighted by atomic mass is 16.2. The zero-order chi connectivity index (χ0) is 18.8. The summed E-state index contributed by atoms with van der Waals surface area (Å²) >= 11 is 0. The fourth-order valence-corrected chi connectivity index (χ4v) is 2.78. The summed E-state index contributed by atoms with van der Waals surface area (Å²) in [6.07, 6.45) is 0.871. The van der Waals surface area contributed by atoms with Crippen LogP contribution in [-0.4, -0.2) is 30.9 Å². The molecule has 0 fully saturated rings. The van der Waals surface area contributed by atoms with Gasteiger partial charge in [0.25, 0.3) is 5.91 Å². The van der Waals surface area contributed by atoms with Gasteiger partial charge in [-0.3, -0.25) is 9.59 Å². The standard InChI is InChI=1S/C21H27N3O2/c1-3-14-22-21(26)16(2)24-19(25)15-23-20(17-10-6-4-7-11-17)18-12-8-5-9-13-18/h4-13,16,20,23H,3,14-15H2,1-2H3,(H,22,26)(H,24,25)/p+1/t16-/m1/s1. The van der Waals surface area contributed by atoms with E-state index in [0.29, 0.717) is 6.54 Å². The highest BCUT2D eigenvalue weighted by Crippen LogP contribution is 2.17. The van der Waals surface area contributed by atoms with Gasteiger partial charge in [0.1, 0.15) is 12.1 Å². The van der Waals surface area contributed by atoms with Crippen LogP contribution >= 0.6 is 0 Å². The van der Waals surface area contributed by atoms with Crippen LogP contribution in [0.3, 0.4) is 0 Å². The van der Waals surface area contributed by atoms with Gasteiger partial charge in [0, 0.05) is 17.7 Å². The number of amides is 2. The zero-order valence-corrected chi connectivity index (χ0v) is 15.4. The molecule has 2 aromatic carbocycles. The average Bonchev–Trinajstić information content (AvgIpc) is 2.67. The monoisotopic (exact) mass is 354 g/mol. The molecule has 5 heteroatoms. The van der Waals surface area contributed by atoms with E-state index >= 15 is 0 Å². The van der Waals surface area contributed by atoms with Crippen molar-refractivity contribution in [2.75, 3.05) is 13.1 Å². The van der Waals surface area contributed by atoms with Crippen LogP contribution in [0.15, 0.2) is 60.7 Å². The zero-order valence-electron chi connectivity index (χ0n) is 15.4. The fraction of sp³-hybridized carbons (Fsp3) is 0.333. The normalized spacial score (nSPS) is 11.8. The summed E-state index contributed by atoms with van der Waals surface area (Å²) in [7, 11) is 0. The summed E-state index contributed by atoms with van der Waals surface area (Å²) < 4.78 is 0. The first-order valence-electron chi connectivity index (χ1n) is 9.12. The number of quaternary nitrogens is 1. The molecular formula is C21H28N3O2+. The molecule has 0 spiro atoms. The molecule has 4 N–H and O–H groups in total. The molecule has 2 aromatic rings. The molecule has 0 bridgehead atoms. The Labute approximate surface area is 155 Å². The fourth-order valence-electron chi connectivity index (χ4n) is 2.78. The Balaban J connectivity index is 1.97. The van der Waals surface area contributed by atoms with E-state index in [-0.39, 0.29) is 24.4 Å². The van der Waals surface area contributed by atoms with Crippen molar-refractivity contribution >= 4 is 11.8 Å².